The van der Waals surface area contributed by atoms with Gasteiger partial charge in [0.25, 0.3) is 0 Å². The van der Waals surface area contributed by atoms with Gasteiger partial charge in [-0.25, -0.2) is 9.97 Å². The van der Waals surface area contributed by atoms with Gasteiger partial charge in [0.15, 0.2) is 0 Å². The van der Waals surface area contributed by atoms with Crippen LogP contribution < -0.4 is 4.90 Å². The summed E-state index contributed by atoms with van der Waals surface area (Å²) in [6, 6.07) is 8.02. The van der Waals surface area contributed by atoms with E-state index in [4.69, 9.17) is 5.11 Å². The monoisotopic (exact) mass is 271 g/mol. The summed E-state index contributed by atoms with van der Waals surface area (Å²) in [5, 5.41) is 10.1. The van der Waals surface area contributed by atoms with Gasteiger partial charge in [0.1, 0.15) is 0 Å². The van der Waals surface area contributed by atoms with Crippen LogP contribution in [0.15, 0.2) is 30.5 Å². The molecule has 0 saturated carbocycles. The molecule has 1 N–H and O–H groups in total. The van der Waals surface area contributed by atoms with Gasteiger partial charge in [0, 0.05) is 24.2 Å². The average molecular weight is 271 g/mol. The van der Waals surface area contributed by atoms with Crippen LogP contribution in [0.1, 0.15) is 19.8 Å². The van der Waals surface area contributed by atoms with Crippen LogP contribution in [0.25, 0.3) is 10.9 Å². The number of hydrogen-bond donors (Lipinski definition) is 1. The number of aromatic nitrogens is 2. The van der Waals surface area contributed by atoms with Gasteiger partial charge in [0.2, 0.25) is 5.95 Å². The predicted octanol–water partition coefficient (Wildman–Crippen LogP) is 2.32. The second-order valence-corrected chi connectivity index (χ2v) is 5.33. The Morgan fingerprint density at radius 2 is 2.20 bits per heavy atom. The third-order valence-electron chi connectivity index (χ3n) is 3.96. The van der Waals surface area contributed by atoms with Crippen molar-refractivity contribution in [1.82, 2.24) is 9.97 Å². The first kappa shape index (κ1) is 12.8. The maximum Gasteiger partial charge on any atom is 0.306 e. The fourth-order valence-electron chi connectivity index (χ4n) is 2.79. The molecule has 0 aliphatic carbocycles. The van der Waals surface area contributed by atoms with Crippen molar-refractivity contribution < 1.29 is 9.90 Å². The number of para-hydroxylation sites is 1. The van der Waals surface area contributed by atoms with E-state index >= 15 is 0 Å². The van der Waals surface area contributed by atoms with E-state index in [9.17, 15) is 4.79 Å². The van der Waals surface area contributed by atoms with Gasteiger partial charge in [-0.05, 0) is 25.8 Å². The second kappa shape index (κ2) is 5.07. The molecule has 2 unspecified atom stereocenters. The number of benzene rings is 1. The van der Waals surface area contributed by atoms with Gasteiger partial charge >= 0.3 is 5.97 Å². The Morgan fingerprint density at radius 1 is 1.40 bits per heavy atom. The highest BCUT2D eigenvalue weighted by Crippen LogP contribution is 2.26. The molecule has 1 fully saturated rings. The topological polar surface area (TPSA) is 66.3 Å². The molecule has 2 atom stereocenters. The molecule has 1 aromatic carbocycles. The lowest BCUT2D eigenvalue weighted by Gasteiger charge is -2.36. The van der Waals surface area contributed by atoms with Crippen LogP contribution in [-0.4, -0.2) is 33.6 Å². The number of carboxylic acids is 1. The largest absolute Gasteiger partial charge is 0.481 e. The molecule has 3 rings (SSSR count). The van der Waals surface area contributed by atoms with E-state index in [0.29, 0.717) is 25.3 Å². The van der Waals surface area contributed by atoms with Crippen molar-refractivity contribution in [3.05, 3.63) is 30.5 Å². The van der Waals surface area contributed by atoms with Gasteiger partial charge in [-0.2, -0.15) is 0 Å². The zero-order valence-corrected chi connectivity index (χ0v) is 11.4. The Kier molecular flexibility index (Phi) is 3.26. The number of hydrogen-bond acceptors (Lipinski definition) is 4. The standard InChI is InChI=1S/C15H17N3O2/c1-10-8-11(14(19)20)6-7-18(10)15-16-9-12-4-2-3-5-13(12)17-15/h2-5,9-11H,6-8H2,1H3,(H,19,20). The van der Waals surface area contributed by atoms with Crippen molar-refractivity contribution in [2.24, 2.45) is 5.92 Å². The van der Waals surface area contributed by atoms with E-state index in [-0.39, 0.29) is 12.0 Å². The van der Waals surface area contributed by atoms with Gasteiger partial charge in [-0.3, -0.25) is 4.79 Å². The fourth-order valence-corrected chi connectivity index (χ4v) is 2.79. The third-order valence-corrected chi connectivity index (χ3v) is 3.96. The van der Waals surface area contributed by atoms with E-state index < -0.39 is 5.97 Å². The minimum Gasteiger partial charge on any atom is -0.481 e. The molecule has 0 amide bonds. The molecule has 5 nitrogen and oxygen atoms in total. The Balaban J connectivity index is 1.86. The molecule has 1 aromatic heterocycles. The minimum atomic E-state index is -0.698. The molecule has 0 bridgehead atoms. The molecular formula is C15H17N3O2. The molecule has 0 radical (unpaired) electrons. The van der Waals surface area contributed by atoms with E-state index in [1.54, 1.807) is 0 Å². The van der Waals surface area contributed by atoms with Crippen LogP contribution in [0, 0.1) is 5.92 Å². The highest BCUT2D eigenvalue weighted by atomic mass is 16.4. The van der Waals surface area contributed by atoms with Crippen LogP contribution in [0.4, 0.5) is 5.95 Å². The summed E-state index contributed by atoms with van der Waals surface area (Å²) < 4.78 is 0. The quantitative estimate of drug-likeness (QED) is 0.908. The number of carboxylic acid groups (broad SMARTS) is 1. The lowest BCUT2D eigenvalue weighted by Crippen LogP contribution is -2.43. The van der Waals surface area contributed by atoms with E-state index in [1.165, 1.54) is 0 Å². The number of nitrogens with zero attached hydrogens (tertiary/aromatic N) is 3. The molecule has 2 heterocycles. The maximum absolute atomic E-state index is 11.1. The van der Waals surface area contributed by atoms with Crippen molar-refractivity contribution in [3.8, 4) is 0 Å². The third kappa shape index (κ3) is 2.31. The second-order valence-electron chi connectivity index (χ2n) is 5.33. The number of fused-ring (bicyclic) bond motifs is 1. The molecule has 104 valence electrons. The van der Waals surface area contributed by atoms with Crippen LogP contribution in [0.3, 0.4) is 0 Å². The highest BCUT2D eigenvalue weighted by molar-refractivity contribution is 5.78. The van der Waals surface area contributed by atoms with Crippen molar-refractivity contribution in [2.75, 3.05) is 11.4 Å². The smallest absolute Gasteiger partial charge is 0.306 e. The fraction of sp³-hybridized carbons (Fsp3) is 0.400. The molecule has 20 heavy (non-hydrogen) atoms. The Labute approximate surface area is 117 Å². The molecule has 0 spiro atoms. The van der Waals surface area contributed by atoms with Crippen molar-refractivity contribution in [2.45, 2.75) is 25.8 Å². The summed E-state index contributed by atoms with van der Waals surface area (Å²) in [5.41, 5.74) is 0.921. The summed E-state index contributed by atoms with van der Waals surface area (Å²) in [6.07, 6.45) is 3.12. The normalized spacial score (nSPS) is 22.9. The summed E-state index contributed by atoms with van der Waals surface area (Å²) >= 11 is 0. The summed E-state index contributed by atoms with van der Waals surface area (Å²) in [5.74, 6) is -0.252. The molecule has 1 aliphatic heterocycles. The van der Waals surface area contributed by atoms with Crippen molar-refractivity contribution in [3.63, 3.8) is 0 Å². The van der Waals surface area contributed by atoms with Gasteiger partial charge in [0.05, 0.1) is 11.4 Å². The summed E-state index contributed by atoms with van der Waals surface area (Å²) in [6.45, 7) is 2.73. The maximum atomic E-state index is 11.1. The number of carbonyl (C=O) groups is 1. The van der Waals surface area contributed by atoms with Crippen molar-refractivity contribution >= 4 is 22.8 Å². The van der Waals surface area contributed by atoms with Crippen LogP contribution >= 0.6 is 0 Å². The van der Waals surface area contributed by atoms with Crippen LogP contribution in [0.5, 0.6) is 0 Å². The lowest BCUT2D eigenvalue weighted by atomic mass is 9.92. The lowest BCUT2D eigenvalue weighted by molar-refractivity contribution is -0.142. The predicted molar refractivity (Wildman–Crippen MR) is 76.7 cm³/mol. The number of rotatable bonds is 2. The minimum absolute atomic E-state index is 0.144. The zero-order chi connectivity index (χ0) is 14.1. The van der Waals surface area contributed by atoms with E-state index in [2.05, 4.69) is 14.9 Å². The molecule has 2 aromatic rings. The first-order valence-corrected chi connectivity index (χ1v) is 6.86. The average Bonchev–Trinajstić information content (AvgIpc) is 2.46. The SMILES string of the molecule is CC1CC(C(=O)O)CCN1c1ncc2ccccc2n1. The first-order valence-electron chi connectivity index (χ1n) is 6.86. The summed E-state index contributed by atoms with van der Waals surface area (Å²) in [7, 11) is 0. The van der Waals surface area contributed by atoms with E-state index in [0.717, 1.165) is 10.9 Å². The Morgan fingerprint density at radius 3 is 2.95 bits per heavy atom. The Hall–Kier alpha value is -2.17. The molecule has 1 aliphatic rings. The van der Waals surface area contributed by atoms with Gasteiger partial charge in [-0.1, -0.05) is 18.2 Å². The van der Waals surface area contributed by atoms with Crippen LogP contribution in [-0.2, 0) is 4.79 Å². The number of aliphatic carboxylic acids is 1. The summed E-state index contributed by atoms with van der Waals surface area (Å²) in [4.78, 5) is 22.2. The van der Waals surface area contributed by atoms with Crippen molar-refractivity contribution in [1.29, 1.82) is 0 Å². The highest BCUT2D eigenvalue weighted by Gasteiger charge is 2.30. The number of piperidine rings is 1. The van der Waals surface area contributed by atoms with E-state index in [1.807, 2.05) is 37.4 Å². The van der Waals surface area contributed by atoms with Crippen LogP contribution in [0.2, 0.25) is 0 Å². The first-order chi connectivity index (χ1) is 9.65. The molecule has 1 saturated heterocycles. The van der Waals surface area contributed by atoms with Gasteiger partial charge in [-0.15, -0.1) is 0 Å². The molecular weight excluding hydrogens is 254 g/mol. The molecule has 5 heteroatoms. The van der Waals surface area contributed by atoms with Gasteiger partial charge < -0.3 is 10.0 Å². The number of anilines is 1. The zero-order valence-electron chi connectivity index (χ0n) is 11.4. The Bertz CT molecular complexity index is 644.